The first-order valence-electron chi connectivity index (χ1n) is 4.81. The maximum atomic E-state index is 10.8. The van der Waals surface area contributed by atoms with E-state index in [1.54, 1.807) is 0 Å². The molecule has 0 aliphatic heterocycles. The molecule has 0 bridgehead atoms. The number of carboxylic acid groups (broad SMARTS) is 1. The summed E-state index contributed by atoms with van der Waals surface area (Å²) in [5.74, 6) is -0.903. The Morgan fingerprint density at radius 3 is 2.39 bits per heavy atom. The lowest BCUT2D eigenvalue weighted by molar-refractivity contribution is -0.385. The summed E-state index contributed by atoms with van der Waals surface area (Å²) in [7, 11) is 2.63. The monoisotopic (exact) mass is 253 g/mol. The van der Waals surface area contributed by atoms with Crippen molar-refractivity contribution in [3.05, 3.63) is 33.9 Å². The van der Waals surface area contributed by atoms with Crippen molar-refractivity contribution < 1.29 is 24.3 Å². The molecule has 1 N–H and O–H groups in total. The van der Waals surface area contributed by atoms with Gasteiger partial charge in [0.2, 0.25) is 0 Å². The molecule has 1 rings (SSSR count). The van der Waals surface area contributed by atoms with Gasteiger partial charge in [-0.2, -0.15) is 0 Å². The van der Waals surface area contributed by atoms with Crippen LogP contribution in [0, 0.1) is 10.1 Å². The van der Waals surface area contributed by atoms with Crippen molar-refractivity contribution in [2.45, 2.75) is 0 Å². The molecule has 0 heterocycles. The van der Waals surface area contributed by atoms with Gasteiger partial charge in [0.1, 0.15) is 5.75 Å². The van der Waals surface area contributed by atoms with Crippen LogP contribution in [0.25, 0.3) is 6.08 Å². The second kappa shape index (κ2) is 5.67. The summed E-state index contributed by atoms with van der Waals surface area (Å²) in [4.78, 5) is 20.6. The molecule has 0 spiro atoms. The van der Waals surface area contributed by atoms with E-state index in [1.807, 2.05) is 0 Å². The average Bonchev–Trinajstić information content (AvgIpc) is 2.34. The van der Waals surface area contributed by atoms with E-state index in [4.69, 9.17) is 14.6 Å². The van der Waals surface area contributed by atoms with Crippen LogP contribution in [-0.4, -0.2) is 30.2 Å². The quantitative estimate of drug-likeness (QED) is 0.487. The van der Waals surface area contributed by atoms with Crippen molar-refractivity contribution in [3.63, 3.8) is 0 Å². The molecule has 0 aliphatic rings. The van der Waals surface area contributed by atoms with Gasteiger partial charge < -0.3 is 14.6 Å². The molecule has 7 nitrogen and oxygen atoms in total. The summed E-state index contributed by atoms with van der Waals surface area (Å²) in [6, 6.07) is 2.52. The van der Waals surface area contributed by atoms with E-state index in [9.17, 15) is 14.9 Å². The van der Waals surface area contributed by atoms with Crippen LogP contribution in [-0.2, 0) is 4.79 Å². The summed E-state index contributed by atoms with van der Waals surface area (Å²) >= 11 is 0. The minimum absolute atomic E-state index is 0.0332. The van der Waals surface area contributed by atoms with Crippen molar-refractivity contribution in [3.8, 4) is 11.5 Å². The van der Waals surface area contributed by atoms with Crippen LogP contribution in [0.4, 0.5) is 5.69 Å². The number of aliphatic carboxylic acids is 1. The smallest absolute Gasteiger partial charge is 0.328 e. The molecule has 0 fully saturated rings. The van der Waals surface area contributed by atoms with Gasteiger partial charge in [0.25, 0.3) is 0 Å². The molecular formula is C11H11NO6. The van der Waals surface area contributed by atoms with Crippen LogP contribution in [0.2, 0.25) is 0 Å². The molecule has 0 aliphatic carbocycles. The number of methoxy groups -OCH3 is 2. The van der Waals surface area contributed by atoms with Gasteiger partial charge >= 0.3 is 11.7 Å². The third-order valence-corrected chi connectivity index (χ3v) is 2.13. The Morgan fingerprint density at radius 1 is 1.33 bits per heavy atom. The predicted octanol–water partition coefficient (Wildman–Crippen LogP) is 1.71. The Hall–Kier alpha value is -2.57. The lowest BCUT2D eigenvalue weighted by atomic mass is 10.1. The Morgan fingerprint density at radius 2 is 1.94 bits per heavy atom. The van der Waals surface area contributed by atoms with Crippen LogP contribution in [0.1, 0.15) is 5.56 Å². The van der Waals surface area contributed by atoms with E-state index in [1.165, 1.54) is 32.4 Å². The first kappa shape index (κ1) is 13.5. The highest BCUT2D eigenvalue weighted by atomic mass is 16.6. The first-order chi connectivity index (χ1) is 8.49. The van der Waals surface area contributed by atoms with Gasteiger partial charge in [-0.3, -0.25) is 10.1 Å². The summed E-state index contributed by atoms with van der Waals surface area (Å²) in [6.45, 7) is 0. The minimum Gasteiger partial charge on any atom is -0.496 e. The van der Waals surface area contributed by atoms with Crippen LogP contribution < -0.4 is 9.47 Å². The minimum atomic E-state index is -1.13. The molecule has 0 aromatic heterocycles. The normalized spacial score (nSPS) is 10.3. The lowest BCUT2D eigenvalue weighted by Gasteiger charge is -2.08. The van der Waals surface area contributed by atoms with E-state index in [-0.39, 0.29) is 17.2 Å². The van der Waals surface area contributed by atoms with Gasteiger partial charge in [-0.05, 0) is 12.1 Å². The Labute approximate surface area is 102 Å². The molecule has 0 saturated carbocycles. The topological polar surface area (TPSA) is 98.9 Å². The van der Waals surface area contributed by atoms with Crippen LogP contribution in [0.3, 0.4) is 0 Å². The van der Waals surface area contributed by atoms with Crippen LogP contribution in [0.5, 0.6) is 11.5 Å². The van der Waals surface area contributed by atoms with Crippen molar-refractivity contribution in [1.82, 2.24) is 0 Å². The Kier molecular flexibility index (Phi) is 4.25. The van der Waals surface area contributed by atoms with Gasteiger partial charge in [-0.25, -0.2) is 4.79 Å². The van der Waals surface area contributed by atoms with E-state index in [2.05, 4.69) is 0 Å². The fraction of sp³-hybridized carbons (Fsp3) is 0.182. The molecule has 0 amide bonds. The van der Waals surface area contributed by atoms with E-state index in [0.717, 1.165) is 6.08 Å². The van der Waals surface area contributed by atoms with Gasteiger partial charge in [0, 0.05) is 11.6 Å². The largest absolute Gasteiger partial charge is 0.496 e. The number of nitro benzene ring substituents is 1. The first-order valence-corrected chi connectivity index (χ1v) is 4.81. The standard InChI is InChI=1S/C11H11NO6/c1-17-9-6-8(12(15)16)10(18-2)5-7(9)3-4-11(13)14/h3-6H,1-2H3,(H,13,14)/b4-3+. The molecule has 0 radical (unpaired) electrons. The fourth-order valence-electron chi connectivity index (χ4n) is 1.34. The summed E-state index contributed by atoms with van der Waals surface area (Å²) in [6.07, 6.45) is 2.18. The molecule has 0 unspecified atom stereocenters. The van der Waals surface area contributed by atoms with Crippen LogP contribution >= 0.6 is 0 Å². The number of benzene rings is 1. The second-order valence-electron chi connectivity index (χ2n) is 3.19. The third kappa shape index (κ3) is 2.97. The third-order valence-electron chi connectivity index (χ3n) is 2.13. The number of nitro groups is 1. The molecule has 0 saturated heterocycles. The number of hydrogen-bond acceptors (Lipinski definition) is 5. The molecule has 0 atom stereocenters. The SMILES string of the molecule is COc1cc([N+](=O)[O-])c(OC)cc1/C=C/C(=O)O. The summed E-state index contributed by atoms with van der Waals surface area (Å²) in [5, 5.41) is 19.3. The summed E-state index contributed by atoms with van der Waals surface area (Å²) in [5.41, 5.74) is 0.129. The van der Waals surface area contributed by atoms with Gasteiger partial charge in [0.15, 0.2) is 5.75 Å². The van der Waals surface area contributed by atoms with E-state index in [0.29, 0.717) is 5.56 Å². The average molecular weight is 253 g/mol. The molecule has 7 heteroatoms. The number of hydrogen-bond donors (Lipinski definition) is 1. The highest BCUT2D eigenvalue weighted by molar-refractivity contribution is 5.86. The van der Waals surface area contributed by atoms with Gasteiger partial charge in [0.05, 0.1) is 25.2 Å². The number of carboxylic acids is 1. The summed E-state index contributed by atoms with van der Waals surface area (Å²) < 4.78 is 9.84. The highest BCUT2D eigenvalue weighted by Gasteiger charge is 2.18. The zero-order valence-electron chi connectivity index (χ0n) is 9.75. The maximum Gasteiger partial charge on any atom is 0.328 e. The number of rotatable bonds is 5. The van der Waals surface area contributed by atoms with Crippen molar-refractivity contribution in [2.24, 2.45) is 0 Å². The highest BCUT2D eigenvalue weighted by Crippen LogP contribution is 2.34. The second-order valence-corrected chi connectivity index (χ2v) is 3.19. The van der Waals surface area contributed by atoms with Crippen LogP contribution in [0.15, 0.2) is 18.2 Å². The molecule has 1 aromatic rings. The van der Waals surface area contributed by atoms with Crippen molar-refractivity contribution in [1.29, 1.82) is 0 Å². The molecule has 1 aromatic carbocycles. The number of ether oxygens (including phenoxy) is 2. The van der Waals surface area contributed by atoms with Crippen molar-refractivity contribution >= 4 is 17.7 Å². The maximum absolute atomic E-state index is 10.8. The number of nitrogens with zero attached hydrogens (tertiary/aromatic N) is 1. The van der Waals surface area contributed by atoms with E-state index >= 15 is 0 Å². The van der Waals surface area contributed by atoms with Gasteiger partial charge in [-0.1, -0.05) is 0 Å². The lowest BCUT2D eigenvalue weighted by Crippen LogP contribution is -1.97. The van der Waals surface area contributed by atoms with E-state index < -0.39 is 10.9 Å². The Bertz CT molecular complexity index is 509. The zero-order chi connectivity index (χ0) is 13.7. The predicted molar refractivity (Wildman–Crippen MR) is 62.9 cm³/mol. The zero-order valence-corrected chi connectivity index (χ0v) is 9.75. The molecular weight excluding hydrogens is 242 g/mol. The fourth-order valence-corrected chi connectivity index (χ4v) is 1.34. The number of carbonyl (C=O) groups is 1. The molecule has 96 valence electrons. The Balaban J connectivity index is 3.34. The van der Waals surface area contributed by atoms with Crippen molar-refractivity contribution in [2.75, 3.05) is 14.2 Å². The van der Waals surface area contributed by atoms with Gasteiger partial charge in [-0.15, -0.1) is 0 Å². The molecule has 18 heavy (non-hydrogen) atoms.